The summed E-state index contributed by atoms with van der Waals surface area (Å²) in [6.07, 6.45) is 2.65. The van der Waals surface area contributed by atoms with E-state index in [0.717, 1.165) is 42.1 Å². The number of aliphatic imine (C=N–C) groups is 1. The zero-order valence-corrected chi connectivity index (χ0v) is 16.0. The van der Waals surface area contributed by atoms with Gasteiger partial charge in [0.1, 0.15) is 0 Å². The molecular weight excluding hydrogens is 326 g/mol. The second kappa shape index (κ2) is 8.85. The third-order valence-corrected chi connectivity index (χ3v) is 4.49. The lowest BCUT2D eigenvalue weighted by Crippen LogP contribution is -2.38. The first-order valence-electron chi connectivity index (χ1n) is 9.31. The van der Waals surface area contributed by atoms with E-state index in [1.165, 1.54) is 18.4 Å². The molecule has 0 spiro atoms. The molecule has 1 aromatic heterocycles. The molecule has 6 heteroatoms. The second-order valence-electron chi connectivity index (χ2n) is 6.84. The lowest BCUT2D eigenvalue weighted by Gasteiger charge is -2.15. The van der Waals surface area contributed by atoms with Gasteiger partial charge in [-0.05, 0) is 50.3 Å². The summed E-state index contributed by atoms with van der Waals surface area (Å²) in [5.74, 6) is 1.58. The summed E-state index contributed by atoms with van der Waals surface area (Å²) >= 11 is 0. The molecule has 26 heavy (non-hydrogen) atoms. The first-order chi connectivity index (χ1) is 12.7. The Morgan fingerprint density at radius 3 is 2.77 bits per heavy atom. The van der Waals surface area contributed by atoms with E-state index in [0.29, 0.717) is 13.2 Å². The summed E-state index contributed by atoms with van der Waals surface area (Å²) in [6.45, 7) is 7.12. The summed E-state index contributed by atoms with van der Waals surface area (Å²) < 4.78 is 7.65. The molecule has 1 heterocycles. The van der Waals surface area contributed by atoms with Crippen molar-refractivity contribution in [3.8, 4) is 5.69 Å². The molecule has 1 fully saturated rings. The highest BCUT2D eigenvalue weighted by Gasteiger charge is 2.20. The van der Waals surface area contributed by atoms with Gasteiger partial charge in [0, 0.05) is 32.4 Å². The van der Waals surface area contributed by atoms with Crippen molar-refractivity contribution in [1.29, 1.82) is 0 Å². The van der Waals surface area contributed by atoms with E-state index in [2.05, 4.69) is 45.8 Å². The van der Waals surface area contributed by atoms with Gasteiger partial charge in [-0.1, -0.05) is 18.2 Å². The Morgan fingerprint density at radius 1 is 1.27 bits per heavy atom. The van der Waals surface area contributed by atoms with Crippen LogP contribution >= 0.6 is 0 Å². The Balaban J connectivity index is 1.53. The van der Waals surface area contributed by atoms with Crippen LogP contribution in [0.3, 0.4) is 0 Å². The van der Waals surface area contributed by atoms with Gasteiger partial charge in [0.05, 0.1) is 18.0 Å². The van der Waals surface area contributed by atoms with Crippen molar-refractivity contribution in [1.82, 2.24) is 20.4 Å². The van der Waals surface area contributed by atoms with Crippen LogP contribution in [-0.2, 0) is 11.3 Å². The number of guanidine groups is 1. The van der Waals surface area contributed by atoms with Crippen LogP contribution in [0.15, 0.2) is 35.3 Å². The van der Waals surface area contributed by atoms with Crippen LogP contribution in [0, 0.1) is 19.8 Å². The topological polar surface area (TPSA) is 63.5 Å². The van der Waals surface area contributed by atoms with E-state index in [1.54, 1.807) is 7.05 Å². The zero-order valence-electron chi connectivity index (χ0n) is 16.0. The zero-order chi connectivity index (χ0) is 18.4. The maximum absolute atomic E-state index is 5.65. The molecule has 1 aliphatic rings. The van der Waals surface area contributed by atoms with Gasteiger partial charge in [0.25, 0.3) is 0 Å². The first kappa shape index (κ1) is 18.5. The molecule has 1 aliphatic carbocycles. The average Bonchev–Trinajstić information content (AvgIpc) is 3.40. The molecule has 140 valence electrons. The lowest BCUT2D eigenvalue weighted by atomic mass is 10.1. The van der Waals surface area contributed by atoms with Crippen LogP contribution in [0.4, 0.5) is 0 Å². The van der Waals surface area contributed by atoms with E-state index in [1.807, 2.05) is 23.7 Å². The van der Waals surface area contributed by atoms with Gasteiger partial charge in [0.2, 0.25) is 0 Å². The third kappa shape index (κ3) is 5.08. The minimum Gasteiger partial charge on any atom is -0.379 e. The lowest BCUT2D eigenvalue weighted by molar-refractivity contribution is 0.129. The van der Waals surface area contributed by atoms with Crippen molar-refractivity contribution in [2.24, 2.45) is 10.9 Å². The van der Waals surface area contributed by atoms with Crippen molar-refractivity contribution in [3.63, 3.8) is 0 Å². The third-order valence-electron chi connectivity index (χ3n) is 4.49. The Hall–Kier alpha value is -2.34. The summed E-state index contributed by atoms with van der Waals surface area (Å²) in [5.41, 5.74) is 4.42. The number of aryl methyl sites for hydroxylation is 2. The molecular formula is C20H29N5O. The van der Waals surface area contributed by atoms with Crippen molar-refractivity contribution in [2.45, 2.75) is 33.2 Å². The minimum atomic E-state index is 0.678. The maximum atomic E-state index is 5.65. The molecule has 2 N–H and O–H groups in total. The smallest absolute Gasteiger partial charge is 0.191 e. The summed E-state index contributed by atoms with van der Waals surface area (Å²) in [5, 5.41) is 11.3. The molecule has 0 bridgehead atoms. The van der Waals surface area contributed by atoms with Gasteiger partial charge in [-0.2, -0.15) is 5.10 Å². The van der Waals surface area contributed by atoms with Gasteiger partial charge in [-0.3, -0.25) is 4.99 Å². The van der Waals surface area contributed by atoms with Gasteiger partial charge in [0.15, 0.2) is 5.96 Å². The predicted molar refractivity (Wildman–Crippen MR) is 105 cm³/mol. The van der Waals surface area contributed by atoms with E-state index >= 15 is 0 Å². The van der Waals surface area contributed by atoms with Gasteiger partial charge in [-0.25, -0.2) is 4.68 Å². The Kier molecular flexibility index (Phi) is 6.28. The average molecular weight is 355 g/mol. The van der Waals surface area contributed by atoms with Gasteiger partial charge < -0.3 is 15.4 Å². The number of ether oxygens (including phenoxy) is 1. The molecule has 0 saturated heterocycles. The van der Waals surface area contributed by atoms with Crippen molar-refractivity contribution in [3.05, 3.63) is 47.3 Å². The molecule has 0 aliphatic heterocycles. The molecule has 0 amide bonds. The van der Waals surface area contributed by atoms with E-state index in [-0.39, 0.29) is 0 Å². The predicted octanol–water partition coefficient (Wildman–Crippen LogP) is 2.58. The Morgan fingerprint density at radius 2 is 2.08 bits per heavy atom. The number of hydrogen-bond donors (Lipinski definition) is 2. The SMILES string of the molecule is CN=C(NCCOCC1CC1)NCc1ccccc1-n1nc(C)cc1C. The summed E-state index contributed by atoms with van der Waals surface area (Å²) in [6, 6.07) is 10.4. The molecule has 3 rings (SSSR count). The number of aromatic nitrogens is 2. The van der Waals surface area contributed by atoms with Gasteiger partial charge >= 0.3 is 0 Å². The number of rotatable bonds is 8. The van der Waals surface area contributed by atoms with E-state index in [9.17, 15) is 0 Å². The monoisotopic (exact) mass is 355 g/mol. The minimum absolute atomic E-state index is 0.678. The molecule has 0 atom stereocenters. The van der Waals surface area contributed by atoms with Crippen LogP contribution in [0.5, 0.6) is 0 Å². The molecule has 2 aromatic rings. The van der Waals surface area contributed by atoms with Crippen molar-refractivity contribution >= 4 is 5.96 Å². The van der Waals surface area contributed by atoms with E-state index < -0.39 is 0 Å². The molecule has 0 radical (unpaired) electrons. The maximum Gasteiger partial charge on any atom is 0.191 e. The fourth-order valence-electron chi connectivity index (χ4n) is 2.92. The molecule has 1 aromatic carbocycles. The molecule has 1 saturated carbocycles. The van der Waals surface area contributed by atoms with Crippen LogP contribution in [0.25, 0.3) is 5.69 Å². The Labute approximate surface area is 155 Å². The number of nitrogens with zero attached hydrogens (tertiary/aromatic N) is 3. The number of hydrogen-bond acceptors (Lipinski definition) is 3. The number of benzene rings is 1. The fraction of sp³-hybridized carbons (Fsp3) is 0.500. The summed E-state index contributed by atoms with van der Waals surface area (Å²) in [4.78, 5) is 4.29. The number of para-hydroxylation sites is 1. The van der Waals surface area contributed by atoms with Crippen LogP contribution < -0.4 is 10.6 Å². The van der Waals surface area contributed by atoms with Crippen LogP contribution in [0.1, 0.15) is 29.8 Å². The number of nitrogens with one attached hydrogen (secondary N) is 2. The largest absolute Gasteiger partial charge is 0.379 e. The van der Waals surface area contributed by atoms with E-state index in [4.69, 9.17) is 4.74 Å². The highest BCUT2D eigenvalue weighted by atomic mass is 16.5. The molecule has 0 unspecified atom stereocenters. The fourth-order valence-corrected chi connectivity index (χ4v) is 2.92. The highest BCUT2D eigenvalue weighted by molar-refractivity contribution is 5.79. The van der Waals surface area contributed by atoms with Gasteiger partial charge in [-0.15, -0.1) is 0 Å². The Bertz CT molecular complexity index is 748. The first-order valence-corrected chi connectivity index (χ1v) is 9.31. The normalized spacial score (nSPS) is 14.5. The van der Waals surface area contributed by atoms with Crippen molar-refractivity contribution in [2.75, 3.05) is 26.8 Å². The standard InChI is InChI=1S/C20H29N5O/c1-15-12-16(2)25(24-15)19-7-5-4-6-18(19)13-23-20(21-3)22-10-11-26-14-17-8-9-17/h4-7,12,17H,8-11,13-14H2,1-3H3,(H2,21,22,23). The quantitative estimate of drug-likeness (QED) is 0.434. The second-order valence-corrected chi connectivity index (χ2v) is 6.84. The molecule has 6 nitrogen and oxygen atoms in total. The summed E-state index contributed by atoms with van der Waals surface area (Å²) in [7, 11) is 1.79. The van der Waals surface area contributed by atoms with Crippen LogP contribution in [0.2, 0.25) is 0 Å². The highest BCUT2D eigenvalue weighted by Crippen LogP contribution is 2.28. The van der Waals surface area contributed by atoms with Crippen LogP contribution in [-0.4, -0.2) is 42.5 Å². The van der Waals surface area contributed by atoms with Crippen molar-refractivity contribution < 1.29 is 4.74 Å².